The maximum atomic E-state index is 5.42. The van der Waals surface area contributed by atoms with Gasteiger partial charge >= 0.3 is 0 Å². The lowest BCUT2D eigenvalue weighted by Crippen LogP contribution is -2.32. The van der Waals surface area contributed by atoms with Crippen LogP contribution in [0.2, 0.25) is 0 Å². The smallest absolute Gasteiger partial charge is 0.119 e. The molecule has 0 radical (unpaired) electrons. The fourth-order valence-corrected chi connectivity index (χ4v) is 1.73. The highest BCUT2D eigenvalue weighted by molar-refractivity contribution is 5.27. The van der Waals surface area contributed by atoms with E-state index >= 15 is 0 Å². The number of hydrogen-bond acceptors (Lipinski definition) is 3. The van der Waals surface area contributed by atoms with Crippen LogP contribution >= 0.6 is 0 Å². The summed E-state index contributed by atoms with van der Waals surface area (Å²) in [5.41, 5.74) is 1.35. The molecule has 2 N–H and O–H groups in total. The molecule has 0 aliphatic heterocycles. The van der Waals surface area contributed by atoms with Gasteiger partial charge in [0.05, 0.1) is 6.61 Å². The molecule has 3 nitrogen and oxygen atoms in total. The Bertz CT molecular complexity index is 309. The van der Waals surface area contributed by atoms with E-state index in [1.54, 1.807) is 0 Å². The Morgan fingerprint density at radius 1 is 1.06 bits per heavy atom. The Balaban J connectivity index is 2.11. The Morgan fingerprint density at radius 2 is 1.78 bits per heavy atom. The Labute approximate surface area is 111 Å². The zero-order valence-corrected chi connectivity index (χ0v) is 11.8. The molecule has 0 fully saturated rings. The molecule has 0 aromatic heterocycles. The van der Waals surface area contributed by atoms with Gasteiger partial charge in [0.1, 0.15) is 5.75 Å². The van der Waals surface area contributed by atoms with Gasteiger partial charge in [-0.1, -0.05) is 26.0 Å². The number of ether oxygens (including phenoxy) is 1. The first-order valence-electron chi connectivity index (χ1n) is 6.88. The van der Waals surface area contributed by atoms with Crippen molar-refractivity contribution in [1.29, 1.82) is 0 Å². The summed E-state index contributed by atoms with van der Waals surface area (Å²) in [4.78, 5) is 0. The Morgan fingerprint density at radius 3 is 2.39 bits per heavy atom. The van der Waals surface area contributed by atoms with E-state index < -0.39 is 0 Å². The van der Waals surface area contributed by atoms with Crippen LogP contribution in [-0.4, -0.2) is 32.3 Å². The zero-order chi connectivity index (χ0) is 13.2. The van der Waals surface area contributed by atoms with Gasteiger partial charge in [0.15, 0.2) is 0 Å². The van der Waals surface area contributed by atoms with Crippen molar-refractivity contribution in [2.45, 2.75) is 33.2 Å². The molecule has 0 atom stereocenters. The molecular weight excluding hydrogens is 224 g/mol. The van der Waals surface area contributed by atoms with Crippen LogP contribution in [0, 0.1) is 0 Å². The van der Waals surface area contributed by atoms with E-state index in [0.29, 0.717) is 6.04 Å². The fraction of sp³-hybridized carbons (Fsp3) is 0.600. The third-order valence-corrected chi connectivity index (χ3v) is 2.68. The van der Waals surface area contributed by atoms with E-state index in [1.807, 2.05) is 19.1 Å². The van der Waals surface area contributed by atoms with Crippen molar-refractivity contribution >= 4 is 0 Å². The maximum Gasteiger partial charge on any atom is 0.119 e. The lowest BCUT2D eigenvalue weighted by Gasteiger charge is -2.09. The minimum Gasteiger partial charge on any atom is -0.494 e. The molecule has 0 unspecified atom stereocenters. The van der Waals surface area contributed by atoms with Gasteiger partial charge < -0.3 is 15.4 Å². The van der Waals surface area contributed by atoms with Crippen molar-refractivity contribution in [2.75, 3.05) is 26.2 Å². The van der Waals surface area contributed by atoms with E-state index in [2.05, 4.69) is 36.6 Å². The molecule has 1 rings (SSSR count). The van der Waals surface area contributed by atoms with Crippen molar-refractivity contribution in [2.24, 2.45) is 0 Å². The highest BCUT2D eigenvalue weighted by atomic mass is 16.5. The minimum absolute atomic E-state index is 0.568. The lowest BCUT2D eigenvalue weighted by atomic mass is 10.1. The average molecular weight is 250 g/mol. The largest absolute Gasteiger partial charge is 0.494 e. The van der Waals surface area contributed by atoms with Crippen LogP contribution < -0.4 is 15.4 Å². The predicted octanol–water partition coefficient (Wildman–Crippen LogP) is 2.22. The second-order valence-electron chi connectivity index (χ2n) is 4.69. The summed E-state index contributed by atoms with van der Waals surface area (Å²) in [6, 6.07) is 8.93. The van der Waals surface area contributed by atoms with Crippen LogP contribution in [0.3, 0.4) is 0 Å². The maximum absolute atomic E-state index is 5.42. The predicted molar refractivity (Wildman–Crippen MR) is 77.3 cm³/mol. The number of hydrogen-bond donors (Lipinski definition) is 2. The third-order valence-electron chi connectivity index (χ3n) is 2.68. The first kappa shape index (κ1) is 15.0. The summed E-state index contributed by atoms with van der Waals surface area (Å²) in [6.07, 6.45) is 1.06. The number of benzene rings is 1. The summed E-state index contributed by atoms with van der Waals surface area (Å²) in [5.74, 6) is 0.954. The van der Waals surface area contributed by atoms with Gasteiger partial charge in [-0.2, -0.15) is 0 Å². The van der Waals surface area contributed by atoms with Gasteiger partial charge in [-0.05, 0) is 37.6 Å². The quantitative estimate of drug-likeness (QED) is 0.659. The monoisotopic (exact) mass is 250 g/mol. The standard InChI is InChI=1S/C15H26N2O/c1-4-18-15-7-5-14(6-8-15)9-10-16-11-12-17-13(2)3/h5-8,13,16-17H,4,9-12H2,1-3H3. The molecule has 1 aromatic rings. The van der Waals surface area contributed by atoms with Gasteiger partial charge in [0.25, 0.3) is 0 Å². The molecule has 0 bridgehead atoms. The zero-order valence-electron chi connectivity index (χ0n) is 11.8. The first-order chi connectivity index (χ1) is 8.72. The molecule has 102 valence electrons. The van der Waals surface area contributed by atoms with Gasteiger partial charge in [-0.3, -0.25) is 0 Å². The van der Waals surface area contributed by atoms with Crippen molar-refractivity contribution in [1.82, 2.24) is 10.6 Å². The minimum atomic E-state index is 0.568. The molecule has 0 aliphatic carbocycles. The van der Waals surface area contributed by atoms with E-state index in [1.165, 1.54) is 5.56 Å². The second-order valence-corrected chi connectivity index (χ2v) is 4.69. The van der Waals surface area contributed by atoms with Gasteiger partial charge in [0.2, 0.25) is 0 Å². The van der Waals surface area contributed by atoms with Gasteiger partial charge in [0, 0.05) is 19.1 Å². The second kappa shape index (κ2) is 8.95. The van der Waals surface area contributed by atoms with Crippen LogP contribution in [0.5, 0.6) is 5.75 Å². The molecule has 18 heavy (non-hydrogen) atoms. The lowest BCUT2D eigenvalue weighted by molar-refractivity contribution is 0.340. The van der Waals surface area contributed by atoms with Crippen molar-refractivity contribution < 1.29 is 4.74 Å². The SMILES string of the molecule is CCOc1ccc(CCNCCNC(C)C)cc1. The third kappa shape index (κ3) is 6.62. The highest BCUT2D eigenvalue weighted by Crippen LogP contribution is 2.11. The van der Waals surface area contributed by atoms with Crippen molar-refractivity contribution in [3.63, 3.8) is 0 Å². The molecule has 0 spiro atoms. The molecule has 0 heterocycles. The average Bonchev–Trinajstić information content (AvgIpc) is 2.35. The summed E-state index contributed by atoms with van der Waals surface area (Å²) in [7, 11) is 0. The molecule has 0 saturated heterocycles. The van der Waals surface area contributed by atoms with Crippen LogP contribution in [-0.2, 0) is 6.42 Å². The summed E-state index contributed by atoms with van der Waals surface area (Å²) in [5, 5.41) is 6.82. The molecule has 0 aliphatic rings. The first-order valence-corrected chi connectivity index (χ1v) is 6.88. The topological polar surface area (TPSA) is 33.3 Å². The summed E-state index contributed by atoms with van der Waals surface area (Å²) in [6.45, 7) is 10.1. The Hall–Kier alpha value is -1.06. The van der Waals surface area contributed by atoms with Crippen LogP contribution in [0.15, 0.2) is 24.3 Å². The molecule has 0 saturated carbocycles. The molecule has 1 aromatic carbocycles. The van der Waals surface area contributed by atoms with Gasteiger partial charge in [-0.15, -0.1) is 0 Å². The van der Waals surface area contributed by atoms with Crippen LogP contribution in [0.4, 0.5) is 0 Å². The van der Waals surface area contributed by atoms with E-state index in [0.717, 1.165) is 38.4 Å². The van der Waals surface area contributed by atoms with Crippen molar-refractivity contribution in [3.05, 3.63) is 29.8 Å². The summed E-state index contributed by atoms with van der Waals surface area (Å²) < 4.78 is 5.42. The normalized spacial score (nSPS) is 10.9. The number of rotatable bonds is 9. The molecular formula is C15H26N2O. The Kier molecular flexibility index (Phi) is 7.46. The van der Waals surface area contributed by atoms with Gasteiger partial charge in [-0.25, -0.2) is 0 Å². The number of nitrogens with one attached hydrogen (secondary N) is 2. The van der Waals surface area contributed by atoms with Crippen LogP contribution in [0.1, 0.15) is 26.3 Å². The fourth-order valence-electron chi connectivity index (χ4n) is 1.73. The van der Waals surface area contributed by atoms with E-state index in [4.69, 9.17) is 4.74 Å². The van der Waals surface area contributed by atoms with E-state index in [9.17, 15) is 0 Å². The molecule has 3 heteroatoms. The highest BCUT2D eigenvalue weighted by Gasteiger charge is 1.95. The molecule has 0 amide bonds. The van der Waals surface area contributed by atoms with Crippen molar-refractivity contribution in [3.8, 4) is 5.75 Å². The van der Waals surface area contributed by atoms with Crippen LogP contribution in [0.25, 0.3) is 0 Å². The van der Waals surface area contributed by atoms with E-state index in [-0.39, 0.29) is 0 Å². The summed E-state index contributed by atoms with van der Waals surface area (Å²) >= 11 is 0.